The largest absolute Gasteiger partial charge is 0.407 e. The third kappa shape index (κ3) is 5.87. The summed E-state index contributed by atoms with van der Waals surface area (Å²) in [5.41, 5.74) is 8.63. The van der Waals surface area contributed by atoms with Crippen molar-refractivity contribution in [3.8, 4) is 0 Å². The van der Waals surface area contributed by atoms with Crippen LogP contribution in [-0.4, -0.2) is 0 Å². The summed E-state index contributed by atoms with van der Waals surface area (Å²) in [6, 6.07) is 34.1. The molecule has 0 aliphatic carbocycles. The van der Waals surface area contributed by atoms with Crippen molar-refractivity contribution in [2.24, 2.45) is 0 Å². The van der Waals surface area contributed by atoms with Crippen molar-refractivity contribution in [1.29, 1.82) is 0 Å². The fraction of sp³-hybridized carbons (Fsp3) is 0.222. The van der Waals surface area contributed by atoms with Gasteiger partial charge in [0.25, 0.3) is 0 Å². The first kappa shape index (κ1) is 27.8. The number of para-hydroxylation sites is 2. The van der Waals surface area contributed by atoms with E-state index in [0.717, 1.165) is 57.1 Å². The molecule has 0 bridgehead atoms. The molecule has 3 nitrogen and oxygen atoms in total. The highest BCUT2D eigenvalue weighted by Gasteiger charge is 2.29. The Labute approximate surface area is 239 Å². The highest BCUT2D eigenvalue weighted by molar-refractivity contribution is 7.39. The Morgan fingerprint density at radius 2 is 1.02 bits per heavy atom. The predicted molar refractivity (Wildman–Crippen MR) is 171 cm³/mol. The molecule has 1 aromatic heterocycles. The zero-order valence-corrected chi connectivity index (χ0v) is 24.8. The summed E-state index contributed by atoms with van der Waals surface area (Å²) in [6.07, 6.45) is 1.49. The Balaban J connectivity index is 1.87. The summed E-state index contributed by atoms with van der Waals surface area (Å²) in [7, 11) is -1.57. The van der Waals surface area contributed by atoms with E-state index in [9.17, 15) is 0 Å². The average molecular weight is 548 g/mol. The van der Waals surface area contributed by atoms with Crippen LogP contribution >= 0.6 is 8.16 Å². The van der Waals surface area contributed by atoms with Crippen molar-refractivity contribution in [3.63, 3.8) is 0 Å². The second-order valence-corrected chi connectivity index (χ2v) is 12.1. The maximum atomic E-state index is 7.08. The molecule has 40 heavy (non-hydrogen) atoms. The zero-order chi connectivity index (χ0) is 28.2. The topological polar surface area (TPSA) is 29.5 Å². The van der Waals surface area contributed by atoms with Gasteiger partial charge in [0.1, 0.15) is 11.2 Å². The number of rotatable bonds is 9. The van der Waals surface area contributed by atoms with Crippen molar-refractivity contribution in [2.75, 3.05) is 4.67 Å². The summed E-state index contributed by atoms with van der Waals surface area (Å²) >= 11 is 0. The standard InChI is InChI=1S/C36H38NO2P/c1-25(2)23-31-19-13-21-33-34-22-14-20-32(24-26(3)4)36(34)39-40(38-35(31)33)37(27(5)29-15-9-7-10-16-29)28(6)30-17-11-8-12-18-30/h7-22,27-28H,1,3,23-24H2,2,4-6H3/t27-,28+. The number of nitrogens with zero attached hydrogens (tertiary/aromatic N) is 1. The number of allylic oxidation sites excluding steroid dienone is 2. The van der Waals surface area contributed by atoms with E-state index in [2.05, 4.69) is 143 Å². The van der Waals surface area contributed by atoms with Gasteiger partial charge in [0.15, 0.2) is 0 Å². The van der Waals surface area contributed by atoms with E-state index in [1.165, 1.54) is 11.1 Å². The zero-order valence-electron chi connectivity index (χ0n) is 23.9. The van der Waals surface area contributed by atoms with Gasteiger partial charge in [0.05, 0.1) is 0 Å². The van der Waals surface area contributed by atoms with E-state index in [4.69, 9.17) is 8.39 Å². The number of hydrogen-bond acceptors (Lipinski definition) is 3. The van der Waals surface area contributed by atoms with E-state index >= 15 is 0 Å². The lowest BCUT2D eigenvalue weighted by atomic mass is 10.0. The van der Waals surface area contributed by atoms with E-state index in [1.54, 1.807) is 0 Å². The number of hydrogen-bond donors (Lipinski definition) is 0. The van der Waals surface area contributed by atoms with Crippen LogP contribution in [0.4, 0.5) is 0 Å². The van der Waals surface area contributed by atoms with Crippen LogP contribution in [0.2, 0.25) is 0 Å². The average Bonchev–Trinajstić information content (AvgIpc) is 3.12. The van der Waals surface area contributed by atoms with Gasteiger partial charge >= 0.3 is 8.16 Å². The lowest BCUT2D eigenvalue weighted by Crippen LogP contribution is -2.27. The van der Waals surface area contributed by atoms with Gasteiger partial charge in [-0.2, -0.15) is 4.67 Å². The summed E-state index contributed by atoms with van der Waals surface area (Å²) in [4.78, 5) is 0. The molecule has 204 valence electrons. The first-order valence-electron chi connectivity index (χ1n) is 13.9. The third-order valence-electron chi connectivity index (χ3n) is 7.35. The Morgan fingerprint density at radius 3 is 1.40 bits per heavy atom. The lowest BCUT2D eigenvalue weighted by Gasteiger charge is -2.32. The molecule has 0 amide bonds. The summed E-state index contributed by atoms with van der Waals surface area (Å²) in [5, 5.41) is 2.11. The van der Waals surface area contributed by atoms with Crippen LogP contribution in [0.3, 0.4) is 0 Å². The van der Waals surface area contributed by atoms with Gasteiger partial charge in [-0.15, -0.1) is 0 Å². The first-order chi connectivity index (χ1) is 19.3. The summed E-state index contributed by atoms with van der Waals surface area (Å²) in [6.45, 7) is 17.0. The van der Waals surface area contributed by atoms with Crippen LogP contribution in [0, 0.1) is 0 Å². The Hall–Kier alpha value is -3.78. The SMILES string of the molecule is C=C(C)Cc1cccc2c1op(N([C@H](C)c1ccccc1)[C@@H](C)c1ccccc1)oc1c(CC(=C)C)cccc12. The molecule has 0 N–H and O–H groups in total. The van der Waals surface area contributed by atoms with Crippen molar-refractivity contribution in [2.45, 2.75) is 52.6 Å². The van der Waals surface area contributed by atoms with Gasteiger partial charge in [-0.1, -0.05) is 121 Å². The molecule has 1 heterocycles. The van der Waals surface area contributed by atoms with Gasteiger partial charge in [-0.25, -0.2) is 0 Å². The second kappa shape index (κ2) is 12.2. The molecular weight excluding hydrogens is 509 g/mol. The van der Waals surface area contributed by atoms with Crippen molar-refractivity contribution >= 4 is 30.1 Å². The number of benzene rings is 4. The Morgan fingerprint density at radius 1 is 0.625 bits per heavy atom. The Bertz CT molecular complexity index is 1560. The maximum absolute atomic E-state index is 7.08. The maximum Gasteiger partial charge on any atom is 0.310 e. The molecule has 0 aliphatic rings. The number of fused-ring (bicyclic) bond motifs is 3. The van der Waals surface area contributed by atoms with Crippen molar-refractivity contribution in [1.82, 2.24) is 0 Å². The summed E-state index contributed by atoms with van der Waals surface area (Å²) < 4.78 is 16.6. The van der Waals surface area contributed by atoms with E-state index in [-0.39, 0.29) is 12.1 Å². The summed E-state index contributed by atoms with van der Waals surface area (Å²) in [5.74, 6) is 0. The molecule has 0 saturated carbocycles. The van der Waals surface area contributed by atoms with Crippen LogP contribution < -0.4 is 4.67 Å². The quantitative estimate of drug-likeness (QED) is 0.172. The molecule has 0 radical (unpaired) electrons. The van der Waals surface area contributed by atoms with Crippen molar-refractivity contribution in [3.05, 3.63) is 144 Å². The molecule has 5 rings (SSSR count). The predicted octanol–water partition coefficient (Wildman–Crippen LogP) is 11.0. The molecule has 0 fully saturated rings. The molecule has 4 heteroatoms. The highest BCUT2D eigenvalue weighted by Crippen LogP contribution is 2.47. The van der Waals surface area contributed by atoms with E-state index < -0.39 is 8.16 Å². The monoisotopic (exact) mass is 547 g/mol. The van der Waals surface area contributed by atoms with Crippen LogP contribution in [0.15, 0.2) is 130 Å². The lowest BCUT2D eigenvalue weighted by molar-refractivity contribution is 0.556. The first-order valence-corrected chi connectivity index (χ1v) is 15.0. The minimum Gasteiger partial charge on any atom is -0.407 e. The molecular formula is C36H38NO2P. The molecule has 0 unspecified atom stereocenters. The van der Waals surface area contributed by atoms with Gasteiger partial charge in [0, 0.05) is 22.9 Å². The van der Waals surface area contributed by atoms with E-state index in [0.29, 0.717) is 0 Å². The molecule has 0 spiro atoms. The minimum absolute atomic E-state index is 0.0362. The van der Waals surface area contributed by atoms with Gasteiger partial charge in [0.2, 0.25) is 0 Å². The molecule has 0 aliphatic heterocycles. The Kier molecular flexibility index (Phi) is 8.45. The molecule has 5 aromatic rings. The smallest absolute Gasteiger partial charge is 0.310 e. The van der Waals surface area contributed by atoms with Gasteiger partial charge in [-0.3, -0.25) is 0 Å². The highest BCUT2D eigenvalue weighted by atomic mass is 31.1. The van der Waals surface area contributed by atoms with Crippen LogP contribution in [0.5, 0.6) is 0 Å². The second-order valence-electron chi connectivity index (χ2n) is 10.8. The molecule has 4 aromatic carbocycles. The van der Waals surface area contributed by atoms with Gasteiger partial charge in [-0.05, 0) is 62.8 Å². The van der Waals surface area contributed by atoms with Crippen LogP contribution in [0.25, 0.3) is 21.9 Å². The van der Waals surface area contributed by atoms with E-state index in [1.807, 2.05) is 0 Å². The third-order valence-corrected chi connectivity index (χ3v) is 9.10. The minimum atomic E-state index is -1.57. The van der Waals surface area contributed by atoms with Crippen LogP contribution in [0.1, 0.15) is 62.0 Å². The fourth-order valence-corrected chi connectivity index (χ4v) is 7.20. The van der Waals surface area contributed by atoms with Gasteiger partial charge < -0.3 is 8.39 Å². The molecule has 0 saturated heterocycles. The molecule has 2 atom stereocenters. The van der Waals surface area contributed by atoms with Crippen LogP contribution in [-0.2, 0) is 12.8 Å². The normalized spacial score (nSPS) is 12.9. The fourth-order valence-electron chi connectivity index (χ4n) is 5.39. The van der Waals surface area contributed by atoms with Crippen molar-refractivity contribution < 1.29 is 8.39 Å².